The molecule has 0 bridgehead atoms. The van der Waals surface area contributed by atoms with Crippen molar-refractivity contribution in [2.45, 2.75) is 31.9 Å². The van der Waals surface area contributed by atoms with Crippen molar-refractivity contribution in [3.05, 3.63) is 29.6 Å². The molecule has 0 unspecified atom stereocenters. The van der Waals surface area contributed by atoms with E-state index >= 15 is 0 Å². The van der Waals surface area contributed by atoms with Crippen LogP contribution < -0.4 is 11.1 Å². The molecule has 1 amide bonds. The first-order valence-corrected chi connectivity index (χ1v) is 9.04. The number of carbonyl (C=O) groups is 1. The number of fused-ring (bicyclic) bond motifs is 1. The van der Waals surface area contributed by atoms with Gasteiger partial charge in [-0.3, -0.25) is 5.32 Å². The van der Waals surface area contributed by atoms with Crippen LogP contribution in [-0.2, 0) is 15.0 Å². The largest absolute Gasteiger partial charge is 0.444 e. The number of nitrogens with one attached hydrogen (secondary N) is 1. The highest BCUT2D eigenvalue weighted by molar-refractivity contribution is 8.13. The first kappa shape index (κ1) is 18.0. The lowest BCUT2D eigenvalue weighted by atomic mass is 9.81. The molecule has 0 saturated carbocycles. The minimum absolute atomic E-state index is 0.0120. The third-order valence-electron chi connectivity index (χ3n) is 4.10. The van der Waals surface area contributed by atoms with Gasteiger partial charge in [0.15, 0.2) is 5.17 Å². The number of amides is 1. The molecule has 1 aromatic carbocycles. The Morgan fingerprint density at radius 1 is 1.52 bits per heavy atom. The molecular formula is C17H22FN3O3S. The molecule has 2 aliphatic heterocycles. The number of nitrogens with two attached hydrogens (primary N) is 1. The van der Waals surface area contributed by atoms with Crippen LogP contribution in [0.1, 0.15) is 26.3 Å². The third kappa shape index (κ3) is 3.74. The van der Waals surface area contributed by atoms with Crippen molar-refractivity contribution in [3.63, 3.8) is 0 Å². The topological polar surface area (TPSA) is 85.9 Å². The van der Waals surface area contributed by atoms with Crippen molar-refractivity contribution < 1.29 is 18.7 Å². The van der Waals surface area contributed by atoms with Gasteiger partial charge in [-0.2, -0.15) is 0 Å². The van der Waals surface area contributed by atoms with E-state index in [1.54, 1.807) is 26.8 Å². The lowest BCUT2D eigenvalue weighted by Gasteiger charge is -2.35. The van der Waals surface area contributed by atoms with Crippen molar-refractivity contribution in [1.82, 2.24) is 5.32 Å². The van der Waals surface area contributed by atoms with E-state index in [1.165, 1.54) is 23.9 Å². The molecule has 6 nitrogen and oxygen atoms in total. The average molecular weight is 367 g/mol. The van der Waals surface area contributed by atoms with Gasteiger partial charge >= 0.3 is 6.09 Å². The monoisotopic (exact) mass is 367 g/mol. The Labute approximate surface area is 150 Å². The number of aliphatic imine (C=N–C) groups is 1. The number of nitrogens with zero attached hydrogens (tertiary/aromatic N) is 1. The van der Waals surface area contributed by atoms with E-state index in [0.29, 0.717) is 28.8 Å². The van der Waals surface area contributed by atoms with Gasteiger partial charge in [0.1, 0.15) is 17.0 Å². The molecule has 136 valence electrons. The van der Waals surface area contributed by atoms with E-state index in [9.17, 15) is 9.18 Å². The van der Waals surface area contributed by atoms with Gasteiger partial charge in [-0.1, -0.05) is 11.8 Å². The quantitative estimate of drug-likeness (QED) is 0.746. The van der Waals surface area contributed by atoms with Crippen LogP contribution in [0.25, 0.3) is 0 Å². The standard InChI is InChI=1S/C17H22FN3O3S/c1-16(2,3)24-15(22)20-14-21-17(9-23-7-10(17)8-25-14)12-6-11(19)4-5-13(12)18/h4-6,10H,7-9,19H2,1-3H3,(H,20,21,22)/t10-,17-/m0/s1. The molecule has 2 aliphatic rings. The second-order valence-corrected chi connectivity index (χ2v) is 8.24. The van der Waals surface area contributed by atoms with Gasteiger partial charge in [0.25, 0.3) is 0 Å². The number of ether oxygens (including phenoxy) is 2. The Morgan fingerprint density at radius 2 is 2.28 bits per heavy atom. The number of alkyl carbamates (subject to hydrolysis) is 1. The van der Waals surface area contributed by atoms with Crippen LogP contribution in [0.15, 0.2) is 23.2 Å². The van der Waals surface area contributed by atoms with Gasteiger partial charge in [0, 0.05) is 22.9 Å². The first-order valence-electron chi connectivity index (χ1n) is 8.05. The summed E-state index contributed by atoms with van der Waals surface area (Å²) in [5, 5.41) is 3.06. The van der Waals surface area contributed by atoms with E-state index in [0.717, 1.165) is 0 Å². The maximum Gasteiger partial charge on any atom is 0.413 e. The molecular weight excluding hydrogens is 345 g/mol. The summed E-state index contributed by atoms with van der Waals surface area (Å²) in [5.74, 6) is 0.290. The summed E-state index contributed by atoms with van der Waals surface area (Å²) >= 11 is 1.40. The van der Waals surface area contributed by atoms with Crippen LogP contribution in [0.4, 0.5) is 14.9 Å². The number of benzene rings is 1. The maximum absolute atomic E-state index is 14.5. The van der Waals surface area contributed by atoms with E-state index in [-0.39, 0.29) is 18.3 Å². The number of nitrogen functional groups attached to an aromatic ring is 1. The predicted molar refractivity (Wildman–Crippen MR) is 96.1 cm³/mol. The van der Waals surface area contributed by atoms with Gasteiger partial charge in [-0.15, -0.1) is 0 Å². The highest BCUT2D eigenvalue weighted by Crippen LogP contribution is 2.45. The van der Waals surface area contributed by atoms with E-state index in [2.05, 4.69) is 10.3 Å². The predicted octanol–water partition coefficient (Wildman–Crippen LogP) is 2.88. The van der Waals surface area contributed by atoms with Crippen molar-refractivity contribution in [2.24, 2.45) is 10.9 Å². The highest BCUT2D eigenvalue weighted by atomic mass is 32.2. The summed E-state index contributed by atoms with van der Waals surface area (Å²) in [6.45, 7) is 6.09. The lowest BCUT2D eigenvalue weighted by molar-refractivity contribution is 0.0564. The Hall–Kier alpha value is -1.80. The smallest absolute Gasteiger partial charge is 0.413 e. The fraction of sp³-hybridized carbons (Fsp3) is 0.529. The molecule has 3 N–H and O–H groups in total. The van der Waals surface area contributed by atoms with E-state index in [4.69, 9.17) is 15.2 Å². The second kappa shape index (κ2) is 6.49. The summed E-state index contributed by atoms with van der Waals surface area (Å²) in [6.07, 6.45) is -0.584. The number of hydrogen-bond acceptors (Lipinski definition) is 6. The van der Waals surface area contributed by atoms with Gasteiger partial charge in [-0.05, 0) is 39.0 Å². The van der Waals surface area contributed by atoms with E-state index < -0.39 is 17.2 Å². The van der Waals surface area contributed by atoms with Crippen molar-refractivity contribution >= 4 is 28.7 Å². The molecule has 0 aromatic heterocycles. The molecule has 2 atom stereocenters. The molecule has 1 saturated heterocycles. The van der Waals surface area contributed by atoms with Crippen LogP contribution in [0.3, 0.4) is 0 Å². The van der Waals surface area contributed by atoms with Crippen LogP contribution >= 0.6 is 11.8 Å². The number of thioether (sulfide) groups is 1. The van der Waals surface area contributed by atoms with Crippen molar-refractivity contribution in [3.8, 4) is 0 Å². The molecule has 3 rings (SSSR count). The number of anilines is 1. The Kier molecular flexibility index (Phi) is 4.68. The highest BCUT2D eigenvalue weighted by Gasteiger charge is 2.49. The Bertz CT molecular complexity index is 720. The lowest BCUT2D eigenvalue weighted by Crippen LogP contribution is -2.43. The summed E-state index contributed by atoms with van der Waals surface area (Å²) in [4.78, 5) is 16.7. The van der Waals surface area contributed by atoms with Crippen LogP contribution in [0.5, 0.6) is 0 Å². The second-order valence-electron chi connectivity index (χ2n) is 7.23. The molecule has 0 aliphatic carbocycles. The summed E-state index contributed by atoms with van der Waals surface area (Å²) in [6, 6.07) is 4.45. The molecule has 2 heterocycles. The zero-order valence-corrected chi connectivity index (χ0v) is 15.3. The Balaban J connectivity index is 1.93. The van der Waals surface area contributed by atoms with Crippen LogP contribution in [0.2, 0.25) is 0 Å². The maximum atomic E-state index is 14.5. The van der Waals surface area contributed by atoms with Crippen LogP contribution in [0, 0.1) is 11.7 Å². The number of amidine groups is 1. The zero-order chi connectivity index (χ0) is 18.2. The number of rotatable bonds is 1. The molecule has 0 spiro atoms. The van der Waals surface area contributed by atoms with Crippen molar-refractivity contribution in [1.29, 1.82) is 0 Å². The summed E-state index contributed by atoms with van der Waals surface area (Å²) < 4.78 is 25.4. The first-order chi connectivity index (χ1) is 11.7. The van der Waals surface area contributed by atoms with Crippen LogP contribution in [-0.4, -0.2) is 35.8 Å². The summed E-state index contributed by atoms with van der Waals surface area (Å²) in [7, 11) is 0. The fourth-order valence-corrected chi connectivity index (χ4v) is 4.12. The van der Waals surface area contributed by atoms with Crippen molar-refractivity contribution in [2.75, 3.05) is 24.7 Å². The minimum Gasteiger partial charge on any atom is -0.444 e. The van der Waals surface area contributed by atoms with E-state index in [1.807, 2.05) is 0 Å². The minimum atomic E-state index is -0.880. The fourth-order valence-electron chi connectivity index (χ4n) is 3.00. The molecule has 25 heavy (non-hydrogen) atoms. The van der Waals surface area contributed by atoms with Gasteiger partial charge in [0.2, 0.25) is 0 Å². The van der Waals surface area contributed by atoms with Gasteiger partial charge in [-0.25, -0.2) is 14.2 Å². The number of hydrogen-bond donors (Lipinski definition) is 2. The number of carbonyl (C=O) groups excluding carboxylic acids is 1. The molecule has 8 heteroatoms. The van der Waals surface area contributed by atoms with Gasteiger partial charge in [0.05, 0.1) is 13.2 Å². The molecule has 0 radical (unpaired) electrons. The number of halogens is 1. The van der Waals surface area contributed by atoms with Gasteiger partial charge < -0.3 is 15.2 Å². The normalized spacial score (nSPS) is 25.9. The summed E-state index contributed by atoms with van der Waals surface area (Å²) in [5.41, 5.74) is 5.22. The molecule has 1 aromatic rings. The third-order valence-corrected chi connectivity index (χ3v) is 5.14. The SMILES string of the molecule is CC(C)(C)OC(=O)NC1=N[C@@]2(c3cc(N)ccc3F)COC[C@H]2CS1. The average Bonchev–Trinajstić information content (AvgIpc) is 2.91. The zero-order valence-electron chi connectivity index (χ0n) is 14.5. The Morgan fingerprint density at radius 3 is 3.00 bits per heavy atom. The molecule has 1 fully saturated rings.